The zero-order valence-corrected chi connectivity index (χ0v) is 22.8. The Bertz CT molecular complexity index is 910. The minimum Gasteiger partial charge on any atom is -0.466 e. The molecule has 1 unspecified atom stereocenters. The Balaban J connectivity index is 0.00000114. The van der Waals surface area contributed by atoms with Gasteiger partial charge in [-0.25, -0.2) is 0 Å². The summed E-state index contributed by atoms with van der Waals surface area (Å²) in [4.78, 5) is 0. The van der Waals surface area contributed by atoms with Crippen molar-refractivity contribution in [2.75, 3.05) is 0 Å². The number of rotatable bonds is 9. The Hall–Kier alpha value is -1.78. The van der Waals surface area contributed by atoms with Crippen molar-refractivity contribution in [3.05, 3.63) is 91.9 Å². The van der Waals surface area contributed by atoms with E-state index in [0.717, 1.165) is 16.8 Å². The predicted molar refractivity (Wildman–Crippen MR) is 144 cm³/mol. The van der Waals surface area contributed by atoms with Gasteiger partial charge in [0, 0.05) is 6.42 Å². The van der Waals surface area contributed by atoms with Crippen molar-refractivity contribution in [2.45, 2.75) is 53.2 Å². The summed E-state index contributed by atoms with van der Waals surface area (Å²) >= 11 is 0. The molecule has 0 fully saturated rings. The average Bonchev–Trinajstić information content (AvgIpc) is 2.83. The van der Waals surface area contributed by atoms with E-state index >= 15 is 0 Å². The molecule has 0 spiro atoms. The Morgan fingerprint density at radius 1 is 0.886 bits per heavy atom. The molecule has 4 nitrogen and oxygen atoms in total. The Labute approximate surface area is 225 Å². The van der Waals surface area contributed by atoms with Gasteiger partial charge >= 0.3 is 26.0 Å². The molecule has 3 aromatic carbocycles. The Morgan fingerprint density at radius 3 is 1.83 bits per heavy atom. The van der Waals surface area contributed by atoms with E-state index in [0.29, 0.717) is 17.6 Å². The third-order valence-electron chi connectivity index (χ3n) is 4.88. The molecular weight excluding hydrogens is 446 g/mol. The first kappa shape index (κ1) is 31.2. The topological polar surface area (TPSA) is 58.9 Å². The summed E-state index contributed by atoms with van der Waals surface area (Å²) in [6.45, 7) is 12.2. The van der Waals surface area contributed by atoms with E-state index in [2.05, 4.69) is 58.9 Å². The van der Waals surface area contributed by atoms with Gasteiger partial charge in [0.25, 0.3) is 9.04 Å². The van der Waals surface area contributed by atoms with Crippen LogP contribution in [0.4, 0.5) is 0 Å². The largest absolute Gasteiger partial charge is 1.00 e. The molecule has 0 aromatic heterocycles. The summed E-state index contributed by atoms with van der Waals surface area (Å²) in [5.74, 6) is 0.553. The molecule has 1 atom stereocenters. The summed E-state index contributed by atoms with van der Waals surface area (Å²) < 4.78 is 12.9. The molecule has 0 saturated carbocycles. The fourth-order valence-corrected chi connectivity index (χ4v) is 5.11. The van der Waals surface area contributed by atoms with Gasteiger partial charge in [-0.15, -0.1) is 0 Å². The number of benzene rings is 3. The first-order valence-electron chi connectivity index (χ1n) is 11.8. The summed E-state index contributed by atoms with van der Waals surface area (Å²) in [5.41, 5.74) is 0.373. The van der Waals surface area contributed by atoms with Crippen LogP contribution in [0, 0.1) is 12.3 Å². The first-order chi connectivity index (χ1) is 16.2. The molecule has 0 aliphatic carbocycles. The third kappa shape index (κ3) is 11.7. The molecule has 0 aliphatic heterocycles. The fraction of sp³-hybridized carbons (Fsp3) is 0.321. The van der Waals surface area contributed by atoms with Gasteiger partial charge < -0.3 is 26.1 Å². The van der Waals surface area contributed by atoms with E-state index < -0.39 is 22.4 Å². The van der Waals surface area contributed by atoms with Gasteiger partial charge in [0.1, 0.15) is 5.75 Å². The van der Waals surface area contributed by atoms with Crippen molar-refractivity contribution < 1.29 is 38.1 Å². The number of hydrogen-bond acceptors (Lipinski definition) is 4. The normalized spacial score (nSPS) is 11.7. The van der Waals surface area contributed by atoms with Crippen LogP contribution in [0.15, 0.2) is 84.9 Å². The minimum atomic E-state index is -1.54. The molecule has 1 radical (unpaired) electrons. The van der Waals surface area contributed by atoms with Gasteiger partial charge in [0.2, 0.25) is 0 Å². The van der Waals surface area contributed by atoms with Crippen LogP contribution in [-0.2, 0) is 4.43 Å². The molecule has 0 amide bonds. The number of unbranched alkanes of at least 4 members (excludes halogenated alkanes) is 1. The van der Waals surface area contributed by atoms with Crippen LogP contribution in [-0.4, -0.2) is 32.5 Å². The van der Waals surface area contributed by atoms with Crippen LogP contribution in [0.3, 0.4) is 0 Å². The standard InChI is InChI=1S/C24H28BO4Si.C4H9.Li/c1-24(2,3)18-23(28-20-12-10-11-19(17-20)25(26)27)29-30(21-13-6-4-7-14-21)22-15-8-5-9-16-22;1-3-4-2;/h4-17,23,26-27H,18H2,1-3H3;1,3-4H2,2H3;/q;-1;+1. The van der Waals surface area contributed by atoms with Crippen molar-refractivity contribution in [2.24, 2.45) is 5.41 Å². The molecule has 181 valence electrons. The second-order valence-corrected chi connectivity index (χ2v) is 11.3. The van der Waals surface area contributed by atoms with Gasteiger partial charge in [-0.3, -0.25) is 0 Å². The predicted octanol–water partition coefficient (Wildman–Crippen LogP) is 0.955. The minimum absolute atomic E-state index is 0. The second-order valence-electron chi connectivity index (χ2n) is 9.29. The van der Waals surface area contributed by atoms with Crippen LogP contribution in [0.25, 0.3) is 0 Å². The van der Waals surface area contributed by atoms with E-state index in [1.165, 1.54) is 6.42 Å². The maximum absolute atomic E-state index is 9.49. The molecule has 35 heavy (non-hydrogen) atoms. The van der Waals surface area contributed by atoms with Gasteiger partial charge in [0.05, 0.1) is 0 Å². The van der Waals surface area contributed by atoms with Crippen LogP contribution < -0.4 is 39.4 Å². The monoisotopic (exact) mass is 483 g/mol. The zero-order chi connectivity index (χ0) is 25.0. The average molecular weight is 483 g/mol. The van der Waals surface area contributed by atoms with Gasteiger partial charge in [0.15, 0.2) is 6.29 Å². The molecule has 3 aromatic rings. The van der Waals surface area contributed by atoms with Crippen molar-refractivity contribution in [1.82, 2.24) is 0 Å². The van der Waals surface area contributed by atoms with E-state index in [4.69, 9.17) is 9.16 Å². The van der Waals surface area contributed by atoms with Gasteiger partial charge in [-0.1, -0.05) is 107 Å². The van der Waals surface area contributed by atoms with E-state index in [1.807, 2.05) is 42.5 Å². The van der Waals surface area contributed by atoms with E-state index in [1.54, 1.807) is 18.2 Å². The van der Waals surface area contributed by atoms with Crippen LogP contribution in [0.2, 0.25) is 0 Å². The SMILES string of the molecule is CC(C)(C)CC(Oc1cccc(B(O)O)c1)O[Si](c1ccccc1)c1ccccc1.[CH2-]CCC.[Li+]. The summed E-state index contributed by atoms with van der Waals surface area (Å²) in [6.07, 6.45) is 2.48. The molecule has 0 bridgehead atoms. The van der Waals surface area contributed by atoms with Gasteiger partial charge in [-0.2, -0.15) is 6.42 Å². The van der Waals surface area contributed by atoms with Crippen molar-refractivity contribution in [1.29, 1.82) is 0 Å². The molecule has 0 heterocycles. The second kappa shape index (κ2) is 16.1. The van der Waals surface area contributed by atoms with Crippen LogP contribution in [0.1, 0.15) is 47.0 Å². The Kier molecular flexibility index (Phi) is 14.3. The van der Waals surface area contributed by atoms with Crippen molar-refractivity contribution in [3.63, 3.8) is 0 Å². The first-order valence-corrected chi connectivity index (χ1v) is 13.2. The maximum Gasteiger partial charge on any atom is 1.00 e. The fourth-order valence-electron chi connectivity index (χ4n) is 3.12. The molecular formula is C28H37BLiO4Si. The van der Waals surface area contributed by atoms with Crippen molar-refractivity contribution in [3.8, 4) is 5.75 Å². The maximum atomic E-state index is 9.49. The third-order valence-corrected chi connectivity index (χ3v) is 7.09. The van der Waals surface area contributed by atoms with E-state index in [-0.39, 0.29) is 24.3 Å². The summed E-state index contributed by atoms with van der Waals surface area (Å²) in [7, 11) is -3.08. The van der Waals surface area contributed by atoms with E-state index in [9.17, 15) is 10.0 Å². The summed E-state index contributed by atoms with van der Waals surface area (Å²) in [5, 5.41) is 21.3. The zero-order valence-electron chi connectivity index (χ0n) is 21.8. The number of hydrogen-bond donors (Lipinski definition) is 2. The molecule has 2 N–H and O–H groups in total. The summed E-state index contributed by atoms with van der Waals surface area (Å²) in [6, 6.07) is 27.3. The van der Waals surface area contributed by atoms with Crippen LogP contribution >= 0.6 is 0 Å². The molecule has 0 saturated heterocycles. The van der Waals surface area contributed by atoms with Crippen LogP contribution in [0.5, 0.6) is 5.75 Å². The number of ether oxygens (including phenoxy) is 1. The molecule has 3 rings (SSSR count). The molecule has 0 aliphatic rings. The van der Waals surface area contributed by atoms with Crippen molar-refractivity contribution >= 4 is 32.0 Å². The smallest absolute Gasteiger partial charge is 0.466 e. The quantitative estimate of drug-likeness (QED) is 0.271. The molecule has 7 heteroatoms. The Morgan fingerprint density at radius 2 is 1.40 bits per heavy atom. The van der Waals surface area contributed by atoms with Gasteiger partial charge in [-0.05, 0) is 33.4 Å².